The molecular weight excluding hydrogens is 480 g/mol. The molecule has 9 nitrogen and oxygen atoms in total. The molecule has 1 aliphatic heterocycles. The summed E-state index contributed by atoms with van der Waals surface area (Å²) in [4.78, 5) is 31.0. The van der Waals surface area contributed by atoms with Crippen molar-refractivity contribution in [3.8, 4) is 11.3 Å². The predicted octanol–water partition coefficient (Wildman–Crippen LogP) is 5.87. The predicted molar refractivity (Wildman–Crippen MR) is 137 cm³/mol. The highest BCUT2D eigenvalue weighted by atomic mass is 35.5. The van der Waals surface area contributed by atoms with Crippen LogP contribution in [0.25, 0.3) is 22.3 Å². The molecule has 2 N–H and O–H groups in total. The van der Waals surface area contributed by atoms with Crippen LogP contribution in [0.3, 0.4) is 0 Å². The second-order valence-electron chi connectivity index (χ2n) is 9.94. The van der Waals surface area contributed by atoms with E-state index in [1.807, 2.05) is 26.0 Å². The fourth-order valence-corrected chi connectivity index (χ4v) is 5.65. The summed E-state index contributed by atoms with van der Waals surface area (Å²) in [7, 11) is 0. The highest BCUT2D eigenvalue weighted by molar-refractivity contribution is 6.30. The SMILES string of the molecule is CCOC(C)c1nc2cc(C3NOC(=O)N3)nc(-c3cncc(Cl)c3)c2n1C(C)C1CCC(C)CC1. The van der Waals surface area contributed by atoms with Crippen molar-refractivity contribution in [2.75, 3.05) is 6.61 Å². The number of hydroxylamine groups is 1. The van der Waals surface area contributed by atoms with Gasteiger partial charge in [-0.15, -0.1) is 5.48 Å². The van der Waals surface area contributed by atoms with Gasteiger partial charge in [0.1, 0.15) is 11.9 Å². The molecule has 36 heavy (non-hydrogen) atoms. The van der Waals surface area contributed by atoms with E-state index in [1.165, 1.54) is 25.7 Å². The Morgan fingerprint density at radius 1 is 1.19 bits per heavy atom. The molecule has 192 valence electrons. The zero-order valence-electron chi connectivity index (χ0n) is 21.1. The molecule has 1 saturated carbocycles. The maximum Gasteiger partial charge on any atom is 0.427 e. The Morgan fingerprint density at radius 3 is 2.64 bits per heavy atom. The number of hydrogen-bond donors (Lipinski definition) is 2. The van der Waals surface area contributed by atoms with Gasteiger partial charge in [-0.3, -0.25) is 10.3 Å². The lowest BCUT2D eigenvalue weighted by molar-refractivity contribution is 0.0649. The lowest BCUT2D eigenvalue weighted by atomic mass is 9.79. The Morgan fingerprint density at radius 2 is 1.97 bits per heavy atom. The van der Waals surface area contributed by atoms with Gasteiger partial charge >= 0.3 is 6.09 Å². The van der Waals surface area contributed by atoms with E-state index >= 15 is 0 Å². The molecule has 3 aromatic rings. The minimum Gasteiger partial charge on any atom is -0.371 e. The van der Waals surface area contributed by atoms with Gasteiger partial charge in [0.2, 0.25) is 0 Å². The number of hydrogen-bond acceptors (Lipinski definition) is 7. The van der Waals surface area contributed by atoms with Gasteiger partial charge in [-0.2, -0.15) is 0 Å². The number of ether oxygens (including phenoxy) is 1. The maximum atomic E-state index is 11.7. The molecule has 2 fully saturated rings. The van der Waals surface area contributed by atoms with E-state index in [4.69, 9.17) is 31.1 Å². The van der Waals surface area contributed by atoms with Crippen molar-refractivity contribution in [3.63, 3.8) is 0 Å². The van der Waals surface area contributed by atoms with Crippen LogP contribution in [0, 0.1) is 11.8 Å². The summed E-state index contributed by atoms with van der Waals surface area (Å²) >= 11 is 6.34. The number of nitrogens with zero attached hydrogens (tertiary/aromatic N) is 4. The van der Waals surface area contributed by atoms with Gasteiger partial charge in [0.15, 0.2) is 6.17 Å². The molecule has 0 radical (unpaired) electrons. The average Bonchev–Trinajstić information content (AvgIpc) is 3.47. The zero-order chi connectivity index (χ0) is 25.4. The highest BCUT2D eigenvalue weighted by Gasteiger charge is 2.32. The largest absolute Gasteiger partial charge is 0.427 e. The second-order valence-corrected chi connectivity index (χ2v) is 10.4. The Bertz CT molecular complexity index is 1260. The number of amides is 1. The highest BCUT2D eigenvalue weighted by Crippen LogP contribution is 2.41. The number of aromatic nitrogens is 4. The standard InChI is InChI=1S/C26H33ClN6O3/c1-5-35-16(4)25-30-20-11-21(24-31-26(34)36-32-24)29-22(18-10-19(27)13-28-12-18)23(20)33(25)15(3)17-8-6-14(2)7-9-17/h10-17,24,32H,5-9H2,1-4H3,(H,31,34). The van der Waals surface area contributed by atoms with Crippen LogP contribution >= 0.6 is 11.6 Å². The summed E-state index contributed by atoms with van der Waals surface area (Å²) in [6, 6.07) is 3.96. The normalized spacial score (nSPS) is 23.9. The van der Waals surface area contributed by atoms with Crippen LogP contribution in [0.2, 0.25) is 5.02 Å². The summed E-state index contributed by atoms with van der Waals surface area (Å²) in [6.07, 6.45) is 6.84. The number of halogens is 1. The van der Waals surface area contributed by atoms with Gasteiger partial charge in [-0.1, -0.05) is 31.4 Å². The van der Waals surface area contributed by atoms with E-state index in [-0.39, 0.29) is 12.1 Å². The lowest BCUT2D eigenvalue weighted by Gasteiger charge is -2.33. The minimum atomic E-state index is -0.594. The molecule has 4 heterocycles. The van der Waals surface area contributed by atoms with Crippen LogP contribution in [-0.2, 0) is 9.57 Å². The fraction of sp³-hybridized carbons (Fsp3) is 0.538. The van der Waals surface area contributed by atoms with E-state index in [9.17, 15) is 4.79 Å². The first-order valence-corrected chi connectivity index (χ1v) is 13.1. The third-order valence-electron chi connectivity index (χ3n) is 7.45. The number of carbonyl (C=O) groups is 1. The van der Waals surface area contributed by atoms with Crippen LogP contribution < -0.4 is 10.8 Å². The van der Waals surface area contributed by atoms with E-state index in [1.54, 1.807) is 12.4 Å². The molecule has 0 spiro atoms. The quantitative estimate of drug-likeness (QED) is 0.407. The van der Waals surface area contributed by atoms with Crippen molar-refractivity contribution < 1.29 is 14.4 Å². The summed E-state index contributed by atoms with van der Waals surface area (Å²) in [5.41, 5.74) is 6.46. The third kappa shape index (κ3) is 4.79. The first-order valence-electron chi connectivity index (χ1n) is 12.7. The molecule has 2 aliphatic rings. The van der Waals surface area contributed by atoms with Crippen LogP contribution in [0.15, 0.2) is 24.5 Å². The summed E-state index contributed by atoms with van der Waals surface area (Å²) in [5, 5.41) is 3.25. The second kappa shape index (κ2) is 10.3. The van der Waals surface area contributed by atoms with Crippen molar-refractivity contribution in [2.24, 2.45) is 11.8 Å². The maximum absolute atomic E-state index is 11.7. The van der Waals surface area contributed by atoms with E-state index in [0.717, 1.165) is 28.3 Å². The molecule has 1 amide bonds. The summed E-state index contributed by atoms with van der Waals surface area (Å²) in [5.74, 6) is 2.16. The smallest absolute Gasteiger partial charge is 0.371 e. The van der Waals surface area contributed by atoms with Gasteiger partial charge < -0.3 is 14.1 Å². The first kappa shape index (κ1) is 24.9. The summed E-state index contributed by atoms with van der Waals surface area (Å²) in [6.45, 7) is 9.24. The number of imidazole rings is 1. The first-order chi connectivity index (χ1) is 17.4. The van der Waals surface area contributed by atoms with Crippen LogP contribution in [0.4, 0.5) is 4.79 Å². The molecule has 3 atom stereocenters. The van der Waals surface area contributed by atoms with E-state index in [0.29, 0.717) is 28.9 Å². The van der Waals surface area contributed by atoms with Gasteiger partial charge in [0, 0.05) is 30.6 Å². The van der Waals surface area contributed by atoms with Crippen LogP contribution in [0.1, 0.15) is 83.2 Å². The van der Waals surface area contributed by atoms with E-state index in [2.05, 4.69) is 34.2 Å². The molecule has 3 aromatic heterocycles. The van der Waals surface area contributed by atoms with Gasteiger partial charge in [-0.05, 0) is 57.6 Å². The monoisotopic (exact) mass is 512 g/mol. The number of nitrogens with one attached hydrogen (secondary N) is 2. The van der Waals surface area contributed by atoms with E-state index < -0.39 is 12.3 Å². The van der Waals surface area contributed by atoms with Gasteiger partial charge in [-0.25, -0.2) is 14.8 Å². The van der Waals surface area contributed by atoms with Crippen molar-refractivity contribution in [1.29, 1.82) is 0 Å². The Hall–Kier alpha value is -2.75. The number of pyridine rings is 2. The third-order valence-corrected chi connectivity index (χ3v) is 7.66. The van der Waals surface area contributed by atoms with Crippen molar-refractivity contribution >= 4 is 28.7 Å². The van der Waals surface area contributed by atoms with Crippen LogP contribution in [0.5, 0.6) is 0 Å². The van der Waals surface area contributed by atoms with Crippen molar-refractivity contribution in [1.82, 2.24) is 30.3 Å². The summed E-state index contributed by atoms with van der Waals surface area (Å²) < 4.78 is 8.35. The molecule has 10 heteroatoms. The molecule has 5 rings (SSSR count). The molecule has 0 aromatic carbocycles. The lowest BCUT2D eigenvalue weighted by Crippen LogP contribution is -2.25. The molecule has 0 bridgehead atoms. The van der Waals surface area contributed by atoms with Crippen LogP contribution in [-0.4, -0.2) is 32.2 Å². The Labute approximate surface area is 215 Å². The minimum absolute atomic E-state index is 0.200. The van der Waals surface area contributed by atoms with Crippen molar-refractivity contribution in [3.05, 3.63) is 41.1 Å². The molecular formula is C26H33ClN6O3. The van der Waals surface area contributed by atoms with Crippen molar-refractivity contribution in [2.45, 2.75) is 71.7 Å². The average molecular weight is 513 g/mol. The Balaban J connectivity index is 1.73. The molecule has 1 saturated heterocycles. The zero-order valence-corrected chi connectivity index (χ0v) is 21.9. The Kier molecular flexibility index (Phi) is 7.14. The number of rotatable bonds is 7. The molecule has 3 unspecified atom stereocenters. The fourth-order valence-electron chi connectivity index (χ4n) is 5.48. The van der Waals surface area contributed by atoms with Gasteiger partial charge in [0.05, 0.1) is 27.4 Å². The molecule has 1 aliphatic carbocycles. The number of carbonyl (C=O) groups excluding carboxylic acids is 1. The number of fused-ring (bicyclic) bond motifs is 1. The van der Waals surface area contributed by atoms with Gasteiger partial charge in [0.25, 0.3) is 0 Å². The topological polar surface area (TPSA) is 103 Å².